The van der Waals surface area contributed by atoms with Crippen LogP contribution in [0.3, 0.4) is 0 Å². The van der Waals surface area contributed by atoms with Crippen molar-refractivity contribution in [2.24, 2.45) is 0 Å². The van der Waals surface area contributed by atoms with Crippen LogP contribution in [-0.4, -0.2) is 39.6 Å². The second kappa shape index (κ2) is 5.55. The third-order valence-electron chi connectivity index (χ3n) is 3.66. The number of benzene rings is 1. The normalized spacial score (nSPS) is 13.4. The van der Waals surface area contributed by atoms with Crippen LogP contribution < -0.4 is 5.32 Å². The lowest BCUT2D eigenvalue weighted by atomic mass is 10.0. The molecule has 1 aliphatic heterocycles. The van der Waals surface area contributed by atoms with Crippen LogP contribution in [0.4, 0.5) is 5.69 Å². The average Bonchev–Trinajstić information content (AvgIpc) is 2.91. The highest BCUT2D eigenvalue weighted by Gasteiger charge is 2.16. The Morgan fingerprint density at radius 2 is 2.29 bits per heavy atom. The highest BCUT2D eigenvalue weighted by molar-refractivity contribution is 5.94. The standard InChI is InChI=1S/C15H19N5O/c1-10-17-14(19-18-10)9-20(2)15(21)12-5-6-13-11(8-12)4-3-7-16-13/h5-6,8,16H,3-4,7,9H2,1-2H3,(H,17,18,19). The van der Waals surface area contributed by atoms with Crippen molar-refractivity contribution >= 4 is 11.6 Å². The third kappa shape index (κ3) is 2.89. The first-order valence-electron chi connectivity index (χ1n) is 7.13. The second-order valence-electron chi connectivity index (χ2n) is 5.40. The van der Waals surface area contributed by atoms with Crippen LogP contribution in [0.1, 0.15) is 34.0 Å². The number of hydrogen-bond acceptors (Lipinski definition) is 4. The number of H-pyrrole nitrogens is 1. The number of nitrogens with zero attached hydrogens (tertiary/aromatic N) is 3. The van der Waals surface area contributed by atoms with Crippen LogP contribution >= 0.6 is 0 Å². The molecule has 2 heterocycles. The number of fused-ring (bicyclic) bond motifs is 1. The Morgan fingerprint density at radius 3 is 3.05 bits per heavy atom. The molecule has 0 atom stereocenters. The van der Waals surface area contributed by atoms with Crippen LogP contribution in [0.15, 0.2) is 18.2 Å². The van der Waals surface area contributed by atoms with Gasteiger partial charge in [0.2, 0.25) is 0 Å². The topological polar surface area (TPSA) is 73.9 Å². The molecule has 110 valence electrons. The Balaban J connectivity index is 1.75. The van der Waals surface area contributed by atoms with Crippen LogP contribution in [0.2, 0.25) is 0 Å². The van der Waals surface area contributed by atoms with Gasteiger partial charge in [-0.2, -0.15) is 5.10 Å². The number of hydrogen-bond donors (Lipinski definition) is 2. The SMILES string of the molecule is Cc1nc(CN(C)C(=O)c2ccc3c(c2)CCCN3)n[nH]1. The van der Waals surface area contributed by atoms with E-state index >= 15 is 0 Å². The van der Waals surface area contributed by atoms with E-state index in [0.29, 0.717) is 17.9 Å². The lowest BCUT2D eigenvalue weighted by Gasteiger charge is -2.20. The van der Waals surface area contributed by atoms with Crippen molar-refractivity contribution in [1.29, 1.82) is 0 Å². The number of aryl methyl sites for hydroxylation is 2. The molecule has 6 nitrogen and oxygen atoms in total. The predicted octanol–water partition coefficient (Wildman–Crippen LogP) is 1.74. The molecule has 21 heavy (non-hydrogen) atoms. The summed E-state index contributed by atoms with van der Waals surface area (Å²) in [6.07, 6.45) is 2.13. The zero-order chi connectivity index (χ0) is 14.8. The van der Waals surface area contributed by atoms with E-state index in [0.717, 1.165) is 30.9 Å². The maximum absolute atomic E-state index is 12.5. The second-order valence-corrected chi connectivity index (χ2v) is 5.40. The first kappa shape index (κ1) is 13.6. The van der Waals surface area contributed by atoms with Crippen molar-refractivity contribution < 1.29 is 4.79 Å². The van der Waals surface area contributed by atoms with E-state index in [1.807, 2.05) is 25.1 Å². The van der Waals surface area contributed by atoms with Gasteiger partial charge in [-0.3, -0.25) is 9.89 Å². The fraction of sp³-hybridized carbons (Fsp3) is 0.400. The van der Waals surface area contributed by atoms with Crippen LogP contribution in [0, 0.1) is 6.92 Å². The highest BCUT2D eigenvalue weighted by Crippen LogP contribution is 2.23. The molecule has 1 aromatic carbocycles. The molecule has 0 radical (unpaired) electrons. The average molecular weight is 285 g/mol. The maximum atomic E-state index is 12.5. The number of nitrogens with one attached hydrogen (secondary N) is 2. The first-order valence-corrected chi connectivity index (χ1v) is 7.13. The summed E-state index contributed by atoms with van der Waals surface area (Å²) in [5.41, 5.74) is 3.08. The number of anilines is 1. The van der Waals surface area contributed by atoms with Gasteiger partial charge in [-0.05, 0) is 43.5 Å². The van der Waals surface area contributed by atoms with E-state index in [2.05, 4.69) is 20.5 Å². The summed E-state index contributed by atoms with van der Waals surface area (Å²) in [5, 5.41) is 10.2. The molecule has 0 bridgehead atoms. The fourth-order valence-corrected chi connectivity index (χ4v) is 2.57. The van der Waals surface area contributed by atoms with Gasteiger partial charge in [-0.15, -0.1) is 0 Å². The van der Waals surface area contributed by atoms with Crippen LogP contribution in [0.5, 0.6) is 0 Å². The Morgan fingerprint density at radius 1 is 1.43 bits per heavy atom. The lowest BCUT2D eigenvalue weighted by Crippen LogP contribution is -2.27. The number of amides is 1. The smallest absolute Gasteiger partial charge is 0.254 e. The van der Waals surface area contributed by atoms with Crippen LogP contribution in [-0.2, 0) is 13.0 Å². The number of aromatic amines is 1. The molecule has 3 rings (SSSR count). The van der Waals surface area contributed by atoms with Gasteiger partial charge in [0, 0.05) is 24.8 Å². The van der Waals surface area contributed by atoms with Gasteiger partial charge in [-0.1, -0.05) is 0 Å². The lowest BCUT2D eigenvalue weighted by molar-refractivity contribution is 0.0781. The van der Waals surface area contributed by atoms with E-state index in [-0.39, 0.29) is 5.91 Å². The fourth-order valence-electron chi connectivity index (χ4n) is 2.57. The van der Waals surface area contributed by atoms with Gasteiger partial charge in [0.1, 0.15) is 5.82 Å². The molecule has 0 spiro atoms. The molecular weight excluding hydrogens is 266 g/mol. The van der Waals surface area contributed by atoms with Crippen molar-refractivity contribution in [2.45, 2.75) is 26.3 Å². The number of carbonyl (C=O) groups is 1. The third-order valence-corrected chi connectivity index (χ3v) is 3.66. The summed E-state index contributed by atoms with van der Waals surface area (Å²) in [7, 11) is 1.77. The number of carbonyl (C=O) groups excluding carboxylic acids is 1. The van der Waals surface area contributed by atoms with E-state index in [4.69, 9.17) is 0 Å². The minimum Gasteiger partial charge on any atom is -0.385 e. The van der Waals surface area contributed by atoms with Gasteiger partial charge in [0.05, 0.1) is 6.54 Å². The first-order chi connectivity index (χ1) is 10.1. The van der Waals surface area contributed by atoms with Gasteiger partial charge in [-0.25, -0.2) is 4.98 Å². The minimum atomic E-state index is -0.00849. The molecule has 1 amide bonds. The summed E-state index contributed by atoms with van der Waals surface area (Å²) < 4.78 is 0. The van der Waals surface area contributed by atoms with Gasteiger partial charge < -0.3 is 10.2 Å². The van der Waals surface area contributed by atoms with Gasteiger partial charge >= 0.3 is 0 Å². The summed E-state index contributed by atoms with van der Waals surface area (Å²) in [6.45, 7) is 3.25. The van der Waals surface area contributed by atoms with Gasteiger partial charge in [0.15, 0.2) is 5.82 Å². The summed E-state index contributed by atoms with van der Waals surface area (Å²) >= 11 is 0. The Labute approximate surface area is 123 Å². The molecule has 1 aliphatic rings. The summed E-state index contributed by atoms with van der Waals surface area (Å²) in [4.78, 5) is 18.3. The van der Waals surface area contributed by atoms with Crippen molar-refractivity contribution in [3.8, 4) is 0 Å². The van der Waals surface area contributed by atoms with Crippen molar-refractivity contribution in [2.75, 3.05) is 18.9 Å². The summed E-state index contributed by atoms with van der Waals surface area (Å²) in [6, 6.07) is 5.86. The predicted molar refractivity (Wildman–Crippen MR) is 80.2 cm³/mol. The van der Waals surface area contributed by atoms with E-state index in [1.54, 1.807) is 11.9 Å². The summed E-state index contributed by atoms with van der Waals surface area (Å²) in [5.74, 6) is 1.37. The molecule has 0 saturated heterocycles. The molecule has 0 aliphatic carbocycles. The van der Waals surface area contributed by atoms with Gasteiger partial charge in [0.25, 0.3) is 5.91 Å². The number of aromatic nitrogens is 3. The quantitative estimate of drug-likeness (QED) is 0.901. The Bertz CT molecular complexity index is 664. The minimum absolute atomic E-state index is 0.00849. The molecular formula is C15H19N5O. The van der Waals surface area contributed by atoms with E-state index in [1.165, 1.54) is 5.56 Å². The van der Waals surface area contributed by atoms with Crippen molar-refractivity contribution in [3.63, 3.8) is 0 Å². The molecule has 2 aromatic rings. The van der Waals surface area contributed by atoms with E-state index < -0.39 is 0 Å². The largest absolute Gasteiger partial charge is 0.385 e. The van der Waals surface area contributed by atoms with E-state index in [9.17, 15) is 4.79 Å². The number of rotatable bonds is 3. The molecule has 2 N–H and O–H groups in total. The molecule has 0 saturated carbocycles. The zero-order valence-corrected chi connectivity index (χ0v) is 12.3. The van der Waals surface area contributed by atoms with Crippen molar-refractivity contribution in [3.05, 3.63) is 41.0 Å². The molecule has 0 fully saturated rings. The van der Waals surface area contributed by atoms with Crippen molar-refractivity contribution in [1.82, 2.24) is 20.1 Å². The Hall–Kier alpha value is -2.37. The molecule has 0 unspecified atom stereocenters. The molecule has 1 aromatic heterocycles. The zero-order valence-electron chi connectivity index (χ0n) is 12.3. The Kier molecular flexibility index (Phi) is 3.60. The highest BCUT2D eigenvalue weighted by atomic mass is 16.2. The maximum Gasteiger partial charge on any atom is 0.254 e. The monoisotopic (exact) mass is 285 g/mol. The molecule has 6 heteroatoms. The van der Waals surface area contributed by atoms with Crippen LogP contribution in [0.25, 0.3) is 0 Å².